The van der Waals surface area contributed by atoms with Gasteiger partial charge in [0.25, 0.3) is 0 Å². The van der Waals surface area contributed by atoms with Gasteiger partial charge in [0.1, 0.15) is 11.5 Å². The number of pyridine rings is 1. The lowest BCUT2D eigenvalue weighted by atomic mass is 9.96. The fourth-order valence-electron chi connectivity index (χ4n) is 3.50. The van der Waals surface area contributed by atoms with Gasteiger partial charge in [0.2, 0.25) is 0 Å². The van der Waals surface area contributed by atoms with Crippen LogP contribution in [0.25, 0.3) is 0 Å². The monoisotopic (exact) mass is 412 g/mol. The summed E-state index contributed by atoms with van der Waals surface area (Å²) in [4.78, 5) is 31.0. The van der Waals surface area contributed by atoms with E-state index in [2.05, 4.69) is 20.5 Å². The smallest absolute Gasteiger partial charge is 0.313 e. The van der Waals surface area contributed by atoms with E-state index in [1.54, 1.807) is 18.2 Å². The van der Waals surface area contributed by atoms with Gasteiger partial charge in [-0.2, -0.15) is 0 Å². The molecular formula is C22H28N4O4. The Morgan fingerprint density at radius 1 is 1.07 bits per heavy atom. The summed E-state index contributed by atoms with van der Waals surface area (Å²) >= 11 is 0. The van der Waals surface area contributed by atoms with Crippen LogP contribution < -0.4 is 20.1 Å². The Morgan fingerprint density at radius 2 is 1.80 bits per heavy atom. The van der Waals surface area contributed by atoms with Gasteiger partial charge in [0.15, 0.2) is 0 Å². The number of nitrogens with one attached hydrogen (secondary N) is 2. The van der Waals surface area contributed by atoms with Crippen molar-refractivity contribution in [3.05, 3.63) is 48.3 Å². The Labute approximate surface area is 176 Å². The quantitative estimate of drug-likeness (QED) is 0.677. The second-order valence-corrected chi connectivity index (χ2v) is 7.31. The topological polar surface area (TPSA) is 92.8 Å². The van der Waals surface area contributed by atoms with Crippen molar-refractivity contribution in [1.82, 2.24) is 15.2 Å². The minimum absolute atomic E-state index is 0.363. The van der Waals surface area contributed by atoms with Gasteiger partial charge in [-0.15, -0.1) is 0 Å². The van der Waals surface area contributed by atoms with E-state index in [-0.39, 0.29) is 0 Å². The molecule has 30 heavy (non-hydrogen) atoms. The summed E-state index contributed by atoms with van der Waals surface area (Å²) in [6.07, 6.45) is 5.58. The molecule has 1 fully saturated rings. The first kappa shape index (κ1) is 21.6. The number of benzene rings is 1. The minimum atomic E-state index is -0.725. The van der Waals surface area contributed by atoms with Gasteiger partial charge < -0.3 is 20.1 Å². The predicted octanol–water partition coefficient (Wildman–Crippen LogP) is 2.07. The minimum Gasteiger partial charge on any atom is -0.497 e. The third-order valence-corrected chi connectivity index (χ3v) is 5.28. The predicted molar refractivity (Wildman–Crippen MR) is 113 cm³/mol. The molecule has 160 valence electrons. The van der Waals surface area contributed by atoms with Crippen LogP contribution in [-0.2, 0) is 16.1 Å². The number of rotatable bonds is 7. The maximum Gasteiger partial charge on any atom is 0.313 e. The first-order chi connectivity index (χ1) is 14.6. The zero-order valence-corrected chi connectivity index (χ0v) is 17.4. The van der Waals surface area contributed by atoms with E-state index >= 15 is 0 Å². The van der Waals surface area contributed by atoms with E-state index in [9.17, 15) is 9.59 Å². The van der Waals surface area contributed by atoms with Gasteiger partial charge in [0, 0.05) is 31.5 Å². The summed E-state index contributed by atoms with van der Waals surface area (Å²) in [7, 11) is 3.03. The molecule has 0 spiro atoms. The summed E-state index contributed by atoms with van der Waals surface area (Å²) < 4.78 is 10.4. The van der Waals surface area contributed by atoms with Crippen molar-refractivity contribution in [2.24, 2.45) is 5.92 Å². The molecule has 0 saturated carbocycles. The van der Waals surface area contributed by atoms with E-state index < -0.39 is 11.8 Å². The molecule has 1 aromatic carbocycles. The molecule has 1 aromatic heterocycles. The molecule has 1 aliphatic heterocycles. The van der Waals surface area contributed by atoms with Crippen molar-refractivity contribution in [3.8, 4) is 11.5 Å². The van der Waals surface area contributed by atoms with Crippen molar-refractivity contribution in [3.63, 3.8) is 0 Å². The normalized spacial score (nSPS) is 14.7. The Bertz CT molecular complexity index is 851. The van der Waals surface area contributed by atoms with Crippen LogP contribution in [0.15, 0.2) is 42.7 Å². The number of piperidine rings is 1. The lowest BCUT2D eigenvalue weighted by Crippen LogP contribution is -2.41. The van der Waals surface area contributed by atoms with Crippen LogP contribution in [0.5, 0.6) is 11.5 Å². The third-order valence-electron chi connectivity index (χ3n) is 5.28. The number of likely N-dealkylation sites (tertiary alicyclic amines) is 1. The summed E-state index contributed by atoms with van der Waals surface area (Å²) in [5.41, 5.74) is 1.64. The molecular weight excluding hydrogens is 384 g/mol. The molecule has 2 heterocycles. The first-order valence-electron chi connectivity index (χ1n) is 10.0. The van der Waals surface area contributed by atoms with E-state index in [4.69, 9.17) is 9.47 Å². The highest BCUT2D eigenvalue weighted by atomic mass is 16.5. The Hall–Kier alpha value is -3.13. The SMILES string of the molecule is COc1ccc(OC)c(NC(=O)C(=O)NCC2CCN(Cc3ccncc3)CC2)c1. The number of carbonyl (C=O) groups excluding carboxylic acids is 2. The summed E-state index contributed by atoms with van der Waals surface area (Å²) in [5.74, 6) is 0.00103. The molecule has 2 amide bonds. The summed E-state index contributed by atoms with van der Waals surface area (Å²) in [5, 5.41) is 5.34. The number of amides is 2. The second kappa shape index (κ2) is 10.6. The maximum absolute atomic E-state index is 12.3. The van der Waals surface area contributed by atoms with Gasteiger partial charge in [0.05, 0.1) is 19.9 Å². The molecule has 0 aliphatic carbocycles. The fourth-order valence-corrected chi connectivity index (χ4v) is 3.50. The van der Waals surface area contributed by atoms with Crippen molar-refractivity contribution in [2.45, 2.75) is 19.4 Å². The van der Waals surface area contributed by atoms with Gasteiger partial charge in [-0.1, -0.05) is 0 Å². The number of aromatic nitrogens is 1. The van der Waals surface area contributed by atoms with Crippen molar-refractivity contribution < 1.29 is 19.1 Å². The second-order valence-electron chi connectivity index (χ2n) is 7.31. The molecule has 8 nitrogen and oxygen atoms in total. The van der Waals surface area contributed by atoms with Gasteiger partial charge >= 0.3 is 11.8 Å². The van der Waals surface area contributed by atoms with E-state index in [0.717, 1.165) is 32.5 Å². The first-order valence-corrected chi connectivity index (χ1v) is 10.0. The Morgan fingerprint density at radius 3 is 2.47 bits per heavy atom. The molecule has 0 unspecified atom stereocenters. The number of anilines is 1. The molecule has 2 aromatic rings. The lowest BCUT2D eigenvalue weighted by molar-refractivity contribution is -0.136. The summed E-state index contributed by atoms with van der Waals surface area (Å²) in [6, 6.07) is 9.06. The molecule has 0 radical (unpaired) electrons. The number of hydrogen-bond donors (Lipinski definition) is 2. The van der Waals surface area contributed by atoms with E-state index in [0.29, 0.717) is 29.6 Å². The van der Waals surface area contributed by atoms with Crippen LogP contribution in [0.1, 0.15) is 18.4 Å². The van der Waals surface area contributed by atoms with Crippen LogP contribution in [0.2, 0.25) is 0 Å². The molecule has 1 aliphatic rings. The van der Waals surface area contributed by atoms with Gasteiger partial charge in [-0.25, -0.2) is 0 Å². The van der Waals surface area contributed by atoms with E-state index in [1.807, 2.05) is 24.5 Å². The highest BCUT2D eigenvalue weighted by molar-refractivity contribution is 6.39. The Kier molecular flexibility index (Phi) is 7.62. The Balaban J connectivity index is 1.43. The van der Waals surface area contributed by atoms with Crippen LogP contribution in [0, 0.1) is 5.92 Å². The summed E-state index contributed by atoms with van der Waals surface area (Å²) in [6.45, 7) is 3.34. The highest BCUT2D eigenvalue weighted by Gasteiger charge is 2.22. The average molecular weight is 412 g/mol. The van der Waals surface area contributed by atoms with Crippen LogP contribution in [-0.4, -0.2) is 55.6 Å². The van der Waals surface area contributed by atoms with Crippen LogP contribution >= 0.6 is 0 Å². The average Bonchev–Trinajstić information content (AvgIpc) is 2.79. The largest absolute Gasteiger partial charge is 0.497 e. The van der Waals surface area contributed by atoms with Crippen LogP contribution in [0.3, 0.4) is 0 Å². The molecule has 3 rings (SSSR count). The zero-order chi connectivity index (χ0) is 21.3. The molecule has 8 heteroatoms. The van der Waals surface area contributed by atoms with E-state index in [1.165, 1.54) is 19.8 Å². The van der Waals surface area contributed by atoms with Gasteiger partial charge in [-0.3, -0.25) is 19.5 Å². The molecule has 2 N–H and O–H groups in total. The maximum atomic E-state index is 12.3. The number of carbonyl (C=O) groups is 2. The number of hydrogen-bond acceptors (Lipinski definition) is 6. The molecule has 0 bridgehead atoms. The van der Waals surface area contributed by atoms with Crippen LogP contribution in [0.4, 0.5) is 5.69 Å². The van der Waals surface area contributed by atoms with Crippen molar-refractivity contribution in [2.75, 3.05) is 39.2 Å². The third kappa shape index (κ3) is 5.93. The number of ether oxygens (including phenoxy) is 2. The lowest BCUT2D eigenvalue weighted by Gasteiger charge is -2.32. The molecule has 0 atom stereocenters. The zero-order valence-electron chi connectivity index (χ0n) is 17.4. The highest BCUT2D eigenvalue weighted by Crippen LogP contribution is 2.28. The number of nitrogens with zero attached hydrogens (tertiary/aromatic N) is 2. The van der Waals surface area contributed by atoms with Gasteiger partial charge in [-0.05, 0) is 61.7 Å². The molecule has 1 saturated heterocycles. The standard InChI is InChI=1S/C22H28N4O4/c1-29-18-3-4-20(30-2)19(13-18)25-22(28)21(27)24-14-16-7-11-26(12-8-16)15-17-5-9-23-10-6-17/h3-6,9-10,13,16H,7-8,11-12,14-15H2,1-2H3,(H,24,27)(H,25,28). The number of methoxy groups -OCH3 is 2. The van der Waals surface area contributed by atoms with Crippen molar-refractivity contribution in [1.29, 1.82) is 0 Å². The van der Waals surface area contributed by atoms with Crippen molar-refractivity contribution >= 4 is 17.5 Å². The fraction of sp³-hybridized carbons (Fsp3) is 0.409.